The number of carbonyl (C=O) groups is 1. The van der Waals surface area contributed by atoms with Gasteiger partial charge in [0.25, 0.3) is 0 Å². The number of hydrogen-bond acceptors (Lipinski definition) is 1. The first-order valence-corrected chi connectivity index (χ1v) is 5.80. The predicted octanol–water partition coefficient (Wildman–Crippen LogP) is 3.48. The number of ketones is 1. The van der Waals surface area contributed by atoms with Crippen molar-refractivity contribution in [3.63, 3.8) is 0 Å². The predicted molar refractivity (Wildman–Crippen MR) is 61.2 cm³/mol. The first kappa shape index (κ1) is 11.9. The van der Waals surface area contributed by atoms with Gasteiger partial charge >= 0.3 is 0 Å². The zero-order valence-electron chi connectivity index (χ0n) is 7.56. The lowest BCUT2D eigenvalue weighted by Gasteiger charge is -2.07. The van der Waals surface area contributed by atoms with Crippen LogP contribution < -0.4 is 0 Å². The van der Waals surface area contributed by atoms with E-state index in [1.165, 1.54) is 19.1 Å². The van der Waals surface area contributed by atoms with Gasteiger partial charge in [0, 0.05) is 4.47 Å². The van der Waals surface area contributed by atoms with Gasteiger partial charge in [0.15, 0.2) is 0 Å². The fraction of sp³-hybridized carbons (Fsp3) is 0.300. The third-order valence-corrected chi connectivity index (χ3v) is 3.59. The largest absolute Gasteiger partial charge is 0.299 e. The van der Waals surface area contributed by atoms with Gasteiger partial charge in [0.1, 0.15) is 11.6 Å². The molecule has 1 atom stereocenters. The van der Waals surface area contributed by atoms with E-state index in [9.17, 15) is 9.18 Å². The molecular weight excluding hydrogens is 315 g/mol. The summed E-state index contributed by atoms with van der Waals surface area (Å²) in [5.74, 6) is -0.243. The molecule has 0 aliphatic carbocycles. The van der Waals surface area contributed by atoms with Gasteiger partial charge < -0.3 is 0 Å². The van der Waals surface area contributed by atoms with Crippen LogP contribution in [0.1, 0.15) is 12.5 Å². The lowest BCUT2D eigenvalue weighted by molar-refractivity contribution is -0.116. The highest BCUT2D eigenvalue weighted by Crippen LogP contribution is 2.21. The van der Waals surface area contributed by atoms with Crippen molar-refractivity contribution in [3.8, 4) is 0 Å². The summed E-state index contributed by atoms with van der Waals surface area (Å²) in [6, 6.07) is 4.45. The van der Waals surface area contributed by atoms with Gasteiger partial charge in [-0.05, 0) is 37.1 Å². The van der Waals surface area contributed by atoms with Crippen LogP contribution in [0.25, 0.3) is 0 Å². The minimum atomic E-state index is -0.286. The minimum absolute atomic E-state index is 0.0427. The number of carbonyl (C=O) groups excluding carboxylic acids is 1. The standard InChI is InChI=1S/C10H9Br2FO/c1-6(14)10(12)5-7-4-8(13)2-3-9(7)11/h2-4,10H,5H2,1H3. The van der Waals surface area contributed by atoms with Crippen molar-refractivity contribution in [1.29, 1.82) is 0 Å². The molecule has 0 N–H and O–H groups in total. The van der Waals surface area contributed by atoms with Gasteiger partial charge in [0.05, 0.1) is 4.83 Å². The molecule has 0 spiro atoms. The smallest absolute Gasteiger partial charge is 0.143 e. The molecule has 0 bridgehead atoms. The fourth-order valence-electron chi connectivity index (χ4n) is 1.04. The van der Waals surface area contributed by atoms with Crippen molar-refractivity contribution in [2.75, 3.05) is 0 Å². The van der Waals surface area contributed by atoms with E-state index in [4.69, 9.17) is 0 Å². The molecule has 0 fully saturated rings. The molecule has 0 radical (unpaired) electrons. The summed E-state index contributed by atoms with van der Waals surface area (Å²) in [5.41, 5.74) is 0.794. The molecule has 4 heteroatoms. The molecule has 0 aromatic heterocycles. The summed E-state index contributed by atoms with van der Waals surface area (Å²) >= 11 is 6.55. The van der Waals surface area contributed by atoms with Crippen LogP contribution in [-0.2, 0) is 11.2 Å². The SMILES string of the molecule is CC(=O)C(Br)Cc1cc(F)ccc1Br. The molecular formula is C10H9Br2FO. The highest BCUT2D eigenvalue weighted by molar-refractivity contribution is 9.10. The molecule has 76 valence electrons. The average Bonchev–Trinajstić information content (AvgIpc) is 2.11. The molecule has 0 amide bonds. The summed E-state index contributed by atoms with van der Waals surface area (Å²) in [5, 5.41) is 0. The van der Waals surface area contributed by atoms with Gasteiger partial charge in [-0.3, -0.25) is 4.79 Å². The summed E-state index contributed by atoms with van der Waals surface area (Å²) in [4.78, 5) is 10.7. The maximum absolute atomic E-state index is 12.9. The molecule has 0 aliphatic heterocycles. The van der Waals surface area contributed by atoms with E-state index >= 15 is 0 Å². The third kappa shape index (κ3) is 3.17. The summed E-state index contributed by atoms with van der Waals surface area (Å²) in [6.07, 6.45) is 0.494. The van der Waals surface area contributed by atoms with E-state index in [0.717, 1.165) is 10.0 Å². The highest BCUT2D eigenvalue weighted by Gasteiger charge is 2.12. The Morgan fingerprint density at radius 1 is 1.57 bits per heavy atom. The Hall–Kier alpha value is -0.220. The molecule has 14 heavy (non-hydrogen) atoms. The van der Waals surface area contributed by atoms with Crippen LogP contribution in [0.15, 0.2) is 22.7 Å². The summed E-state index contributed by atoms with van der Waals surface area (Å²) in [6.45, 7) is 1.51. The number of halogens is 3. The van der Waals surface area contributed by atoms with Crippen molar-refractivity contribution in [2.45, 2.75) is 18.2 Å². The fourth-order valence-corrected chi connectivity index (χ4v) is 1.79. The zero-order valence-corrected chi connectivity index (χ0v) is 10.7. The number of alkyl halides is 1. The number of benzene rings is 1. The van der Waals surface area contributed by atoms with Gasteiger partial charge in [-0.15, -0.1) is 0 Å². The van der Waals surface area contributed by atoms with Crippen LogP contribution in [0.3, 0.4) is 0 Å². The van der Waals surface area contributed by atoms with Crippen LogP contribution >= 0.6 is 31.9 Å². The second-order valence-electron chi connectivity index (χ2n) is 3.02. The van der Waals surface area contributed by atoms with Crippen LogP contribution in [0.5, 0.6) is 0 Å². The Kier molecular flexibility index (Phi) is 4.26. The average molecular weight is 324 g/mol. The van der Waals surface area contributed by atoms with E-state index in [1.54, 1.807) is 6.07 Å². The van der Waals surface area contributed by atoms with Gasteiger partial charge in [-0.25, -0.2) is 4.39 Å². The lowest BCUT2D eigenvalue weighted by Crippen LogP contribution is -2.13. The van der Waals surface area contributed by atoms with Crippen molar-refractivity contribution in [2.24, 2.45) is 0 Å². The number of rotatable bonds is 3. The van der Waals surface area contributed by atoms with Crippen molar-refractivity contribution in [3.05, 3.63) is 34.1 Å². The van der Waals surface area contributed by atoms with Crippen molar-refractivity contribution < 1.29 is 9.18 Å². The second-order valence-corrected chi connectivity index (χ2v) is 4.98. The molecule has 1 nitrogen and oxygen atoms in total. The molecule has 1 aromatic rings. The molecule has 0 saturated heterocycles. The van der Waals surface area contributed by atoms with E-state index < -0.39 is 0 Å². The summed E-state index contributed by atoms with van der Waals surface area (Å²) in [7, 11) is 0. The normalized spacial score (nSPS) is 12.6. The van der Waals surface area contributed by atoms with Gasteiger partial charge in [-0.2, -0.15) is 0 Å². The Labute approximate surface area is 99.0 Å². The number of hydrogen-bond donors (Lipinski definition) is 0. The Morgan fingerprint density at radius 2 is 2.21 bits per heavy atom. The zero-order chi connectivity index (χ0) is 10.7. The monoisotopic (exact) mass is 322 g/mol. The topological polar surface area (TPSA) is 17.1 Å². The van der Waals surface area contributed by atoms with Crippen molar-refractivity contribution >= 4 is 37.6 Å². The molecule has 0 saturated carbocycles. The number of Topliss-reactive ketones (excluding diaryl/α,β-unsaturated/α-hetero) is 1. The first-order chi connectivity index (χ1) is 6.50. The first-order valence-electron chi connectivity index (χ1n) is 4.09. The molecule has 0 heterocycles. The molecule has 0 aliphatic rings. The van der Waals surface area contributed by atoms with E-state index in [-0.39, 0.29) is 16.4 Å². The lowest BCUT2D eigenvalue weighted by atomic mass is 10.1. The molecule has 1 rings (SSSR count). The molecule has 1 unspecified atom stereocenters. The van der Waals surface area contributed by atoms with E-state index in [2.05, 4.69) is 31.9 Å². The van der Waals surface area contributed by atoms with Crippen LogP contribution in [0.4, 0.5) is 4.39 Å². The van der Waals surface area contributed by atoms with E-state index in [0.29, 0.717) is 6.42 Å². The maximum atomic E-state index is 12.9. The third-order valence-electron chi connectivity index (χ3n) is 1.85. The highest BCUT2D eigenvalue weighted by atomic mass is 79.9. The Bertz CT molecular complexity index is 352. The van der Waals surface area contributed by atoms with Crippen molar-refractivity contribution in [1.82, 2.24) is 0 Å². The second kappa shape index (κ2) is 5.03. The van der Waals surface area contributed by atoms with Crippen LogP contribution in [0, 0.1) is 5.82 Å². The maximum Gasteiger partial charge on any atom is 0.143 e. The van der Waals surface area contributed by atoms with Crippen LogP contribution in [0.2, 0.25) is 0 Å². The summed E-state index contributed by atoms with van der Waals surface area (Å²) < 4.78 is 13.7. The Balaban J connectivity index is 2.85. The minimum Gasteiger partial charge on any atom is -0.299 e. The quantitative estimate of drug-likeness (QED) is 0.778. The van der Waals surface area contributed by atoms with Gasteiger partial charge in [0.2, 0.25) is 0 Å². The van der Waals surface area contributed by atoms with Crippen LogP contribution in [-0.4, -0.2) is 10.6 Å². The van der Waals surface area contributed by atoms with Gasteiger partial charge in [-0.1, -0.05) is 31.9 Å². The molecule has 1 aromatic carbocycles. The Morgan fingerprint density at radius 3 is 2.79 bits per heavy atom. The van der Waals surface area contributed by atoms with E-state index in [1.807, 2.05) is 0 Å².